The molecule has 2 N–H and O–H groups in total. The monoisotopic (exact) mass is 506 g/mol. The van der Waals surface area contributed by atoms with Crippen LogP contribution in [0.4, 0.5) is 11.5 Å². The lowest BCUT2D eigenvalue weighted by atomic mass is 9.93. The maximum atomic E-state index is 13.1. The van der Waals surface area contributed by atoms with Crippen LogP contribution in [0.15, 0.2) is 36.5 Å². The predicted molar refractivity (Wildman–Crippen MR) is 137 cm³/mol. The van der Waals surface area contributed by atoms with Gasteiger partial charge in [-0.25, -0.2) is 4.98 Å². The van der Waals surface area contributed by atoms with E-state index in [0.29, 0.717) is 21.5 Å². The van der Waals surface area contributed by atoms with E-state index in [1.807, 2.05) is 12.1 Å². The van der Waals surface area contributed by atoms with E-state index in [4.69, 9.17) is 27.9 Å². The zero-order valence-electron chi connectivity index (χ0n) is 20.0. The third-order valence-corrected chi connectivity index (χ3v) is 6.37. The Morgan fingerprint density at radius 2 is 2.00 bits per heavy atom. The first kappa shape index (κ1) is 26.1. The number of hydrogen-bond acceptors (Lipinski definition) is 5. The van der Waals surface area contributed by atoms with Crippen molar-refractivity contribution in [3.8, 4) is 5.75 Å². The van der Waals surface area contributed by atoms with Gasteiger partial charge in [0, 0.05) is 30.6 Å². The Kier molecular flexibility index (Phi) is 8.66. The molecule has 1 aliphatic rings. The SMILES string of the molecule is CCCC1CC(NC(=O)C(C)(C)Oc2ccc(Cl)cc2Cl)CCN1c1ccc(NC(C)=O)cn1. The normalized spacial score (nSPS) is 18.4. The number of carbonyl (C=O) groups excluding carboxylic acids is 2. The van der Waals surface area contributed by atoms with Crippen LogP contribution >= 0.6 is 23.2 Å². The molecule has 1 fully saturated rings. The van der Waals surface area contributed by atoms with Gasteiger partial charge in [-0.3, -0.25) is 9.59 Å². The average molecular weight is 507 g/mol. The molecule has 0 saturated carbocycles. The standard InChI is InChI=1S/C25H32Cl2N4O3/c1-5-6-20-14-18(11-12-31(20)23-10-8-19(15-28-23)29-16(2)32)30-24(33)25(3,4)34-22-9-7-17(26)13-21(22)27/h7-10,13,15,18,20H,5-6,11-12,14H2,1-4H3,(H,29,32)(H,30,33). The van der Waals surface area contributed by atoms with Crippen molar-refractivity contribution >= 4 is 46.5 Å². The van der Waals surface area contributed by atoms with Crippen LogP contribution in [0, 0.1) is 0 Å². The fourth-order valence-electron chi connectivity index (χ4n) is 4.16. The van der Waals surface area contributed by atoms with Gasteiger partial charge in [-0.05, 0) is 63.4 Å². The van der Waals surface area contributed by atoms with E-state index in [0.717, 1.165) is 38.0 Å². The van der Waals surface area contributed by atoms with Crippen molar-refractivity contribution in [3.05, 3.63) is 46.6 Å². The summed E-state index contributed by atoms with van der Waals surface area (Å²) in [4.78, 5) is 31.2. The minimum atomic E-state index is -1.10. The van der Waals surface area contributed by atoms with E-state index in [1.54, 1.807) is 38.2 Å². The van der Waals surface area contributed by atoms with Gasteiger partial charge >= 0.3 is 0 Å². The van der Waals surface area contributed by atoms with Crippen molar-refractivity contribution in [2.75, 3.05) is 16.8 Å². The number of pyridine rings is 1. The van der Waals surface area contributed by atoms with Crippen LogP contribution in [-0.2, 0) is 9.59 Å². The van der Waals surface area contributed by atoms with Crippen LogP contribution in [0.1, 0.15) is 53.4 Å². The maximum Gasteiger partial charge on any atom is 0.263 e. The van der Waals surface area contributed by atoms with Crippen molar-refractivity contribution in [1.29, 1.82) is 0 Å². The third kappa shape index (κ3) is 6.76. The molecule has 3 rings (SSSR count). The molecule has 184 valence electrons. The van der Waals surface area contributed by atoms with Crippen molar-refractivity contribution in [2.45, 2.75) is 71.1 Å². The number of benzene rings is 1. The number of aromatic nitrogens is 1. The summed E-state index contributed by atoms with van der Waals surface area (Å²) < 4.78 is 5.94. The van der Waals surface area contributed by atoms with E-state index in [-0.39, 0.29) is 23.9 Å². The second kappa shape index (κ2) is 11.3. The highest BCUT2D eigenvalue weighted by molar-refractivity contribution is 6.35. The zero-order chi connectivity index (χ0) is 24.9. The average Bonchev–Trinajstić information content (AvgIpc) is 2.76. The van der Waals surface area contributed by atoms with Gasteiger partial charge in [0.25, 0.3) is 5.91 Å². The van der Waals surface area contributed by atoms with Crippen LogP contribution in [0.25, 0.3) is 0 Å². The lowest BCUT2D eigenvalue weighted by molar-refractivity contribution is -0.135. The predicted octanol–water partition coefficient (Wildman–Crippen LogP) is 5.46. The second-order valence-electron chi connectivity index (χ2n) is 9.10. The first-order valence-electron chi connectivity index (χ1n) is 11.5. The fourth-order valence-corrected chi connectivity index (χ4v) is 4.61. The van der Waals surface area contributed by atoms with Crippen LogP contribution in [0.2, 0.25) is 10.0 Å². The van der Waals surface area contributed by atoms with Gasteiger partial charge in [0.2, 0.25) is 5.91 Å². The summed E-state index contributed by atoms with van der Waals surface area (Å²) in [5.74, 6) is 0.974. The fraction of sp³-hybridized carbons (Fsp3) is 0.480. The van der Waals surface area contributed by atoms with E-state index in [1.165, 1.54) is 6.92 Å². The Morgan fingerprint density at radius 1 is 1.24 bits per heavy atom. The lowest BCUT2D eigenvalue weighted by Gasteiger charge is -2.41. The Hall–Kier alpha value is -2.51. The molecule has 2 aromatic rings. The highest BCUT2D eigenvalue weighted by Gasteiger charge is 2.35. The summed E-state index contributed by atoms with van der Waals surface area (Å²) in [6, 6.07) is 9.01. The number of rotatable bonds is 8. The molecule has 1 aromatic heterocycles. The topological polar surface area (TPSA) is 83.6 Å². The van der Waals surface area contributed by atoms with E-state index < -0.39 is 5.60 Å². The van der Waals surface area contributed by atoms with E-state index >= 15 is 0 Å². The van der Waals surface area contributed by atoms with Gasteiger partial charge in [0.1, 0.15) is 11.6 Å². The molecular weight excluding hydrogens is 475 g/mol. The van der Waals surface area contributed by atoms with Gasteiger partial charge in [-0.1, -0.05) is 36.5 Å². The van der Waals surface area contributed by atoms with Gasteiger partial charge in [0.15, 0.2) is 5.60 Å². The molecule has 1 aliphatic heterocycles. The number of anilines is 2. The number of amides is 2. The molecule has 0 aliphatic carbocycles. The van der Waals surface area contributed by atoms with Crippen molar-refractivity contribution < 1.29 is 14.3 Å². The molecule has 2 heterocycles. The van der Waals surface area contributed by atoms with Crippen molar-refractivity contribution in [1.82, 2.24) is 10.3 Å². The Bertz CT molecular complexity index is 1010. The van der Waals surface area contributed by atoms with Gasteiger partial charge in [-0.15, -0.1) is 0 Å². The quantitative estimate of drug-likeness (QED) is 0.496. The summed E-state index contributed by atoms with van der Waals surface area (Å²) in [5.41, 5.74) is -0.427. The smallest absolute Gasteiger partial charge is 0.263 e. The number of carbonyl (C=O) groups is 2. The second-order valence-corrected chi connectivity index (χ2v) is 9.95. The Balaban J connectivity index is 1.64. The third-order valence-electron chi connectivity index (χ3n) is 5.84. The summed E-state index contributed by atoms with van der Waals surface area (Å²) >= 11 is 12.2. The molecule has 2 amide bonds. The summed E-state index contributed by atoms with van der Waals surface area (Å²) in [6.45, 7) is 7.85. The lowest BCUT2D eigenvalue weighted by Crippen LogP contribution is -2.55. The van der Waals surface area contributed by atoms with E-state index in [9.17, 15) is 9.59 Å². The Labute approximate surface area is 211 Å². The molecule has 0 spiro atoms. The minimum absolute atomic E-state index is 0.0301. The molecule has 34 heavy (non-hydrogen) atoms. The van der Waals surface area contributed by atoms with Crippen LogP contribution in [0.5, 0.6) is 5.75 Å². The number of nitrogens with one attached hydrogen (secondary N) is 2. The van der Waals surface area contributed by atoms with Crippen molar-refractivity contribution in [3.63, 3.8) is 0 Å². The maximum absolute atomic E-state index is 13.1. The molecule has 2 atom stereocenters. The van der Waals surface area contributed by atoms with E-state index in [2.05, 4.69) is 27.4 Å². The van der Waals surface area contributed by atoms with Crippen LogP contribution < -0.4 is 20.3 Å². The molecule has 0 radical (unpaired) electrons. The molecule has 2 unspecified atom stereocenters. The molecule has 1 saturated heterocycles. The van der Waals surface area contributed by atoms with Gasteiger partial charge in [-0.2, -0.15) is 0 Å². The van der Waals surface area contributed by atoms with Crippen LogP contribution in [0.3, 0.4) is 0 Å². The highest BCUT2D eigenvalue weighted by atomic mass is 35.5. The molecule has 1 aromatic carbocycles. The number of halogens is 2. The Morgan fingerprint density at radius 3 is 2.62 bits per heavy atom. The first-order valence-corrected chi connectivity index (χ1v) is 12.3. The molecule has 7 nitrogen and oxygen atoms in total. The number of piperidine rings is 1. The first-order chi connectivity index (χ1) is 16.1. The minimum Gasteiger partial charge on any atom is -0.476 e. The highest BCUT2D eigenvalue weighted by Crippen LogP contribution is 2.31. The number of ether oxygens (including phenoxy) is 1. The van der Waals surface area contributed by atoms with Gasteiger partial charge in [0.05, 0.1) is 16.9 Å². The molecule has 9 heteroatoms. The number of nitrogens with zero attached hydrogens (tertiary/aromatic N) is 2. The van der Waals surface area contributed by atoms with Crippen molar-refractivity contribution in [2.24, 2.45) is 0 Å². The van der Waals surface area contributed by atoms with Gasteiger partial charge < -0.3 is 20.3 Å². The molecule has 0 bridgehead atoms. The number of hydrogen-bond donors (Lipinski definition) is 2. The zero-order valence-corrected chi connectivity index (χ0v) is 21.5. The largest absolute Gasteiger partial charge is 0.476 e. The van der Waals surface area contributed by atoms with Crippen LogP contribution in [-0.4, -0.2) is 41.0 Å². The summed E-state index contributed by atoms with van der Waals surface area (Å²) in [6.07, 6.45) is 5.29. The molecular formula is C25H32Cl2N4O3. The summed E-state index contributed by atoms with van der Waals surface area (Å²) in [5, 5.41) is 6.79. The summed E-state index contributed by atoms with van der Waals surface area (Å²) in [7, 11) is 0.